The molecular formula is C26H24Cl2N2O. The monoisotopic (exact) mass is 450 g/mol. The summed E-state index contributed by atoms with van der Waals surface area (Å²) in [6, 6.07) is 19.2. The first kappa shape index (κ1) is 22.8. The second-order valence-corrected chi connectivity index (χ2v) is 7.94. The van der Waals surface area contributed by atoms with Crippen molar-refractivity contribution >= 4 is 34.7 Å². The van der Waals surface area contributed by atoms with Gasteiger partial charge in [0.05, 0.1) is 0 Å². The minimum Gasteiger partial charge on any atom is -0.353 e. The van der Waals surface area contributed by atoms with Gasteiger partial charge in [0, 0.05) is 35.1 Å². The van der Waals surface area contributed by atoms with Gasteiger partial charge < -0.3 is 5.32 Å². The number of halogens is 2. The Morgan fingerprint density at radius 2 is 1.65 bits per heavy atom. The molecule has 3 nitrogen and oxygen atoms in total. The van der Waals surface area contributed by atoms with Crippen molar-refractivity contribution in [2.45, 2.75) is 19.3 Å². The smallest absolute Gasteiger partial charge is 0.243 e. The molecule has 1 aromatic heterocycles. The lowest BCUT2D eigenvalue weighted by molar-refractivity contribution is -0.116. The Kier molecular flexibility index (Phi) is 8.89. The summed E-state index contributed by atoms with van der Waals surface area (Å²) >= 11 is 12.4. The van der Waals surface area contributed by atoms with E-state index in [-0.39, 0.29) is 5.91 Å². The third-order valence-electron chi connectivity index (χ3n) is 4.70. The van der Waals surface area contributed by atoms with E-state index in [2.05, 4.69) is 16.4 Å². The normalized spacial score (nSPS) is 10.8. The van der Waals surface area contributed by atoms with Gasteiger partial charge in [0.2, 0.25) is 5.91 Å². The van der Waals surface area contributed by atoms with E-state index in [4.69, 9.17) is 23.2 Å². The number of unbranched alkanes of at least 4 members (excludes halogenated alkanes) is 1. The highest BCUT2D eigenvalue weighted by molar-refractivity contribution is 6.31. The van der Waals surface area contributed by atoms with Crippen LogP contribution in [-0.4, -0.2) is 17.4 Å². The van der Waals surface area contributed by atoms with Crippen LogP contribution in [0.5, 0.6) is 0 Å². The number of pyridine rings is 1. The van der Waals surface area contributed by atoms with E-state index in [0.29, 0.717) is 16.6 Å². The van der Waals surface area contributed by atoms with Crippen molar-refractivity contribution in [3.63, 3.8) is 0 Å². The van der Waals surface area contributed by atoms with Crippen molar-refractivity contribution in [2.75, 3.05) is 6.54 Å². The molecule has 0 aliphatic rings. The van der Waals surface area contributed by atoms with Crippen LogP contribution in [0, 0.1) is 0 Å². The number of carbonyl (C=O) groups excluding carboxylic acids is 1. The summed E-state index contributed by atoms with van der Waals surface area (Å²) in [7, 11) is 0. The zero-order valence-electron chi connectivity index (χ0n) is 17.1. The van der Waals surface area contributed by atoms with Gasteiger partial charge in [-0.3, -0.25) is 9.78 Å². The van der Waals surface area contributed by atoms with Crippen LogP contribution in [0.3, 0.4) is 0 Å². The Morgan fingerprint density at radius 3 is 2.26 bits per heavy atom. The minimum atomic E-state index is -0.117. The summed E-state index contributed by atoms with van der Waals surface area (Å²) in [5.41, 5.74) is 4.06. The topological polar surface area (TPSA) is 42.0 Å². The molecule has 1 amide bonds. The van der Waals surface area contributed by atoms with E-state index in [1.807, 2.05) is 66.9 Å². The molecule has 3 rings (SSSR count). The second-order valence-electron chi connectivity index (χ2n) is 7.07. The Bertz CT molecular complexity index is 1010. The molecule has 0 saturated carbocycles. The van der Waals surface area contributed by atoms with Gasteiger partial charge in [-0.2, -0.15) is 0 Å². The molecule has 158 valence electrons. The van der Waals surface area contributed by atoms with Gasteiger partial charge in [0.1, 0.15) is 0 Å². The fourth-order valence-corrected chi connectivity index (χ4v) is 3.55. The fourth-order valence-electron chi connectivity index (χ4n) is 3.17. The highest BCUT2D eigenvalue weighted by Crippen LogP contribution is 2.27. The maximum atomic E-state index is 12.2. The fraction of sp³-hybridized carbons (Fsp3) is 0.154. The number of amides is 1. The van der Waals surface area contributed by atoms with Crippen LogP contribution in [0.25, 0.3) is 5.57 Å². The van der Waals surface area contributed by atoms with E-state index in [9.17, 15) is 4.79 Å². The molecule has 0 aliphatic carbocycles. The van der Waals surface area contributed by atoms with Gasteiger partial charge in [-0.1, -0.05) is 65.7 Å². The first-order valence-corrected chi connectivity index (χ1v) is 10.9. The average molecular weight is 451 g/mol. The summed E-state index contributed by atoms with van der Waals surface area (Å²) in [5, 5.41) is 4.23. The van der Waals surface area contributed by atoms with E-state index < -0.39 is 0 Å². The van der Waals surface area contributed by atoms with Crippen LogP contribution in [0.4, 0.5) is 0 Å². The number of allylic oxidation sites excluding steroid dienone is 2. The molecule has 2 aromatic carbocycles. The molecule has 0 radical (unpaired) electrons. The molecule has 1 N–H and O–H groups in total. The Balaban J connectivity index is 1.58. The number of rotatable bonds is 9. The number of hydrogen-bond acceptors (Lipinski definition) is 2. The molecule has 1 heterocycles. The van der Waals surface area contributed by atoms with Crippen LogP contribution in [0.2, 0.25) is 10.0 Å². The van der Waals surface area contributed by atoms with Gasteiger partial charge in [0.25, 0.3) is 0 Å². The predicted molar refractivity (Wildman–Crippen MR) is 129 cm³/mol. The molecule has 0 aliphatic heterocycles. The average Bonchev–Trinajstić information content (AvgIpc) is 2.77. The summed E-state index contributed by atoms with van der Waals surface area (Å²) in [4.78, 5) is 16.3. The number of aryl methyl sites for hydroxylation is 1. The third-order valence-corrected chi connectivity index (χ3v) is 5.17. The van der Waals surface area contributed by atoms with E-state index in [1.54, 1.807) is 12.3 Å². The van der Waals surface area contributed by atoms with Crippen molar-refractivity contribution in [1.82, 2.24) is 10.3 Å². The Morgan fingerprint density at radius 1 is 0.935 bits per heavy atom. The van der Waals surface area contributed by atoms with Gasteiger partial charge in [-0.15, -0.1) is 0 Å². The number of aromatic nitrogens is 1. The first-order chi connectivity index (χ1) is 15.1. The molecule has 31 heavy (non-hydrogen) atoms. The van der Waals surface area contributed by atoms with Crippen LogP contribution in [0.1, 0.15) is 29.5 Å². The second kappa shape index (κ2) is 12.1. The zero-order chi connectivity index (χ0) is 21.9. The van der Waals surface area contributed by atoms with Gasteiger partial charge in [-0.25, -0.2) is 0 Å². The summed E-state index contributed by atoms with van der Waals surface area (Å²) < 4.78 is 0. The van der Waals surface area contributed by atoms with Crippen LogP contribution < -0.4 is 5.32 Å². The van der Waals surface area contributed by atoms with Crippen molar-refractivity contribution in [2.24, 2.45) is 0 Å². The molecule has 0 bridgehead atoms. The molecular weight excluding hydrogens is 427 g/mol. The van der Waals surface area contributed by atoms with Crippen molar-refractivity contribution in [3.8, 4) is 0 Å². The third kappa shape index (κ3) is 7.71. The van der Waals surface area contributed by atoms with Gasteiger partial charge in [0.15, 0.2) is 0 Å². The molecule has 0 atom stereocenters. The lowest BCUT2D eigenvalue weighted by Crippen LogP contribution is -2.22. The van der Waals surface area contributed by atoms with Gasteiger partial charge in [-0.05, 0) is 71.9 Å². The van der Waals surface area contributed by atoms with Crippen LogP contribution in [0.15, 0.2) is 91.3 Å². The molecule has 0 spiro atoms. The lowest BCUT2D eigenvalue weighted by atomic mass is 9.97. The Labute approximate surface area is 193 Å². The number of nitrogens with one attached hydrogen (secondary N) is 1. The zero-order valence-corrected chi connectivity index (χ0v) is 18.6. The number of nitrogens with zero attached hydrogens (tertiary/aromatic N) is 1. The van der Waals surface area contributed by atoms with Crippen molar-refractivity contribution in [3.05, 3.63) is 118 Å². The minimum absolute atomic E-state index is 0.117. The number of hydrogen-bond donors (Lipinski definition) is 1. The molecule has 0 saturated heterocycles. The standard InChI is InChI=1S/C26H24Cl2N2O/c27-23-11-3-9-21(17-23)25(22-10-4-12-24(28)18-22)13-5-14-26(31)30-16-2-1-7-20-8-6-15-29-19-20/h3-6,8-15,17-19H,1-2,7,16H2,(H,30,31). The largest absolute Gasteiger partial charge is 0.353 e. The maximum absolute atomic E-state index is 12.2. The van der Waals surface area contributed by atoms with Gasteiger partial charge >= 0.3 is 0 Å². The molecule has 5 heteroatoms. The maximum Gasteiger partial charge on any atom is 0.243 e. The number of carbonyl (C=O) groups is 1. The molecule has 0 unspecified atom stereocenters. The SMILES string of the molecule is O=C(C=CC=C(c1cccc(Cl)c1)c1cccc(Cl)c1)NCCCCc1cccnc1. The Hall–Kier alpha value is -2.88. The molecule has 0 fully saturated rings. The highest BCUT2D eigenvalue weighted by atomic mass is 35.5. The van der Waals surface area contributed by atoms with Crippen molar-refractivity contribution in [1.29, 1.82) is 0 Å². The lowest BCUT2D eigenvalue weighted by Gasteiger charge is -2.09. The summed E-state index contributed by atoms with van der Waals surface area (Å²) in [6.07, 6.45) is 11.7. The summed E-state index contributed by atoms with van der Waals surface area (Å²) in [6.45, 7) is 0.641. The number of benzene rings is 2. The van der Waals surface area contributed by atoms with Crippen LogP contribution >= 0.6 is 23.2 Å². The quantitative estimate of drug-likeness (QED) is 0.229. The predicted octanol–water partition coefficient (Wildman–Crippen LogP) is 6.52. The summed E-state index contributed by atoms with van der Waals surface area (Å²) in [5.74, 6) is -0.117. The van der Waals surface area contributed by atoms with E-state index >= 15 is 0 Å². The first-order valence-electron chi connectivity index (χ1n) is 10.2. The van der Waals surface area contributed by atoms with E-state index in [1.165, 1.54) is 11.6 Å². The van der Waals surface area contributed by atoms with Crippen LogP contribution in [-0.2, 0) is 11.2 Å². The van der Waals surface area contributed by atoms with E-state index in [0.717, 1.165) is 36.0 Å². The molecule has 3 aromatic rings. The van der Waals surface area contributed by atoms with Crippen molar-refractivity contribution < 1.29 is 4.79 Å². The highest BCUT2D eigenvalue weighted by Gasteiger charge is 2.06.